The molecule has 0 aliphatic rings. The van der Waals surface area contributed by atoms with Crippen molar-refractivity contribution in [2.24, 2.45) is 5.73 Å². The Morgan fingerprint density at radius 2 is 2.31 bits per heavy atom. The molecule has 1 atom stereocenters. The summed E-state index contributed by atoms with van der Waals surface area (Å²) in [5.41, 5.74) is 5.84. The summed E-state index contributed by atoms with van der Waals surface area (Å²) in [5, 5.41) is 8.43. The molecule has 0 bridgehead atoms. The normalized spacial score (nSPS) is 12.2. The van der Waals surface area contributed by atoms with E-state index in [1.54, 1.807) is 12.1 Å². The predicted molar refractivity (Wildman–Crippen MR) is 51.4 cm³/mol. The molecule has 0 fully saturated rings. The number of hydrogen-bond acceptors (Lipinski definition) is 2. The Morgan fingerprint density at radius 1 is 1.62 bits per heavy atom. The molecule has 1 aromatic carbocycles. The van der Waals surface area contributed by atoms with E-state index < -0.39 is 6.04 Å². The van der Waals surface area contributed by atoms with Crippen LogP contribution in [0, 0.1) is 17.1 Å². The molecule has 4 heteroatoms. The van der Waals surface area contributed by atoms with Gasteiger partial charge in [-0.15, -0.1) is 0 Å². The highest BCUT2D eigenvalue weighted by atomic mass is 79.9. The first-order valence-corrected chi connectivity index (χ1v) is 4.52. The molecule has 0 heterocycles. The molecule has 0 amide bonds. The van der Waals surface area contributed by atoms with Crippen molar-refractivity contribution in [3.8, 4) is 6.07 Å². The van der Waals surface area contributed by atoms with Gasteiger partial charge in [0.2, 0.25) is 0 Å². The number of hydrogen-bond donors (Lipinski definition) is 1. The molecule has 13 heavy (non-hydrogen) atoms. The Kier molecular flexibility index (Phi) is 3.40. The monoisotopic (exact) mass is 242 g/mol. The average Bonchev–Trinajstić information content (AvgIpc) is 2.09. The van der Waals surface area contributed by atoms with Gasteiger partial charge in [-0.2, -0.15) is 5.26 Å². The molecule has 0 saturated heterocycles. The van der Waals surface area contributed by atoms with Crippen LogP contribution in [0.1, 0.15) is 5.56 Å². The van der Waals surface area contributed by atoms with Gasteiger partial charge in [-0.25, -0.2) is 4.39 Å². The topological polar surface area (TPSA) is 49.8 Å². The molecule has 0 spiro atoms. The molecule has 0 aliphatic heterocycles. The smallest absolute Gasteiger partial charge is 0.127 e. The number of nitrogens with zero attached hydrogens (tertiary/aromatic N) is 1. The highest BCUT2D eigenvalue weighted by molar-refractivity contribution is 9.10. The fourth-order valence-corrected chi connectivity index (χ4v) is 1.30. The molecule has 0 saturated carbocycles. The van der Waals surface area contributed by atoms with E-state index in [4.69, 9.17) is 11.0 Å². The van der Waals surface area contributed by atoms with Gasteiger partial charge in [-0.05, 0) is 17.7 Å². The van der Waals surface area contributed by atoms with Gasteiger partial charge >= 0.3 is 0 Å². The second-order valence-electron chi connectivity index (χ2n) is 2.68. The third kappa shape index (κ3) is 2.79. The second-order valence-corrected chi connectivity index (χ2v) is 3.59. The van der Waals surface area contributed by atoms with Crippen LogP contribution >= 0.6 is 15.9 Å². The largest absolute Gasteiger partial charge is 0.316 e. The van der Waals surface area contributed by atoms with E-state index in [0.29, 0.717) is 10.0 Å². The van der Waals surface area contributed by atoms with Crippen molar-refractivity contribution in [3.05, 3.63) is 34.1 Å². The maximum atomic E-state index is 13.2. The Labute approximate surface area is 84.3 Å². The maximum absolute atomic E-state index is 13.2. The van der Waals surface area contributed by atoms with Crippen LogP contribution in [-0.4, -0.2) is 6.04 Å². The van der Waals surface area contributed by atoms with Crippen molar-refractivity contribution in [3.63, 3.8) is 0 Å². The highest BCUT2D eigenvalue weighted by Crippen LogP contribution is 2.16. The first kappa shape index (κ1) is 10.2. The van der Waals surface area contributed by atoms with Crippen molar-refractivity contribution in [1.29, 1.82) is 5.26 Å². The van der Waals surface area contributed by atoms with Crippen molar-refractivity contribution < 1.29 is 4.39 Å². The van der Waals surface area contributed by atoms with Crippen LogP contribution in [0.2, 0.25) is 0 Å². The van der Waals surface area contributed by atoms with Gasteiger partial charge in [-0.3, -0.25) is 0 Å². The van der Waals surface area contributed by atoms with Gasteiger partial charge < -0.3 is 5.73 Å². The molecule has 1 rings (SSSR count). The zero-order valence-electron chi connectivity index (χ0n) is 6.80. The van der Waals surface area contributed by atoms with E-state index >= 15 is 0 Å². The predicted octanol–water partition coefficient (Wildman–Crippen LogP) is 1.98. The van der Waals surface area contributed by atoms with Crippen LogP contribution in [0.25, 0.3) is 0 Å². The fourth-order valence-electron chi connectivity index (χ4n) is 0.970. The molecule has 1 aromatic rings. The van der Waals surface area contributed by atoms with E-state index in [2.05, 4.69) is 15.9 Å². The number of nitrogens with two attached hydrogens (primary N) is 1. The third-order valence-electron chi connectivity index (χ3n) is 1.62. The Balaban J connectivity index is 2.85. The van der Waals surface area contributed by atoms with Gasteiger partial charge in [0.05, 0.1) is 12.1 Å². The van der Waals surface area contributed by atoms with Crippen LogP contribution in [0.4, 0.5) is 4.39 Å². The van der Waals surface area contributed by atoms with Crippen molar-refractivity contribution >= 4 is 15.9 Å². The first-order chi connectivity index (χ1) is 6.13. The van der Waals surface area contributed by atoms with E-state index in [1.165, 1.54) is 6.07 Å². The zero-order valence-corrected chi connectivity index (χ0v) is 8.38. The van der Waals surface area contributed by atoms with E-state index in [1.807, 2.05) is 6.07 Å². The molecule has 68 valence electrons. The fraction of sp³-hybridized carbons (Fsp3) is 0.222. The molecular formula is C9H8BrFN2. The molecule has 2 N–H and O–H groups in total. The Morgan fingerprint density at radius 3 is 2.85 bits per heavy atom. The van der Waals surface area contributed by atoms with Crippen molar-refractivity contribution in [1.82, 2.24) is 0 Å². The van der Waals surface area contributed by atoms with E-state index in [9.17, 15) is 4.39 Å². The van der Waals surface area contributed by atoms with Gasteiger partial charge in [0.25, 0.3) is 0 Å². The second kappa shape index (κ2) is 4.35. The van der Waals surface area contributed by atoms with Crippen molar-refractivity contribution in [2.45, 2.75) is 12.5 Å². The molecular weight excluding hydrogens is 235 g/mol. The quantitative estimate of drug-likeness (QED) is 0.863. The number of rotatable bonds is 2. The number of nitriles is 1. The summed E-state index contributed by atoms with van der Waals surface area (Å²) in [4.78, 5) is 0. The summed E-state index contributed by atoms with van der Waals surface area (Å²) < 4.78 is 13.8. The summed E-state index contributed by atoms with van der Waals surface area (Å²) in [6, 6.07) is 5.92. The van der Waals surface area contributed by atoms with Gasteiger partial charge in [0.15, 0.2) is 0 Å². The summed E-state index contributed by atoms with van der Waals surface area (Å²) in [6.07, 6.45) is 0.246. The molecule has 2 nitrogen and oxygen atoms in total. The zero-order chi connectivity index (χ0) is 9.84. The van der Waals surface area contributed by atoms with Crippen LogP contribution in [0.15, 0.2) is 22.7 Å². The Bertz CT molecular complexity index is 346. The lowest BCUT2D eigenvalue weighted by Crippen LogP contribution is -2.20. The number of halogens is 2. The van der Waals surface area contributed by atoms with Gasteiger partial charge in [0.1, 0.15) is 5.82 Å². The Hall–Kier alpha value is -0.920. The van der Waals surface area contributed by atoms with Crippen molar-refractivity contribution in [2.75, 3.05) is 0 Å². The average molecular weight is 243 g/mol. The van der Waals surface area contributed by atoms with Gasteiger partial charge in [0, 0.05) is 10.9 Å². The van der Waals surface area contributed by atoms with E-state index in [-0.39, 0.29) is 12.2 Å². The minimum absolute atomic E-state index is 0.246. The highest BCUT2D eigenvalue weighted by Gasteiger charge is 2.07. The van der Waals surface area contributed by atoms with E-state index in [0.717, 1.165) is 0 Å². The lowest BCUT2D eigenvalue weighted by Gasteiger charge is -2.04. The van der Waals surface area contributed by atoms with Crippen LogP contribution in [0.3, 0.4) is 0 Å². The lowest BCUT2D eigenvalue weighted by atomic mass is 10.1. The SMILES string of the molecule is N#C[C@@H](N)Cc1ccc(Br)cc1F. The molecule has 0 aliphatic carbocycles. The molecule has 0 radical (unpaired) electrons. The standard InChI is InChI=1S/C9H8BrFN2/c10-7-2-1-6(9(11)4-7)3-8(13)5-12/h1-2,4,8H,3,13H2/t8-/m0/s1. The molecule has 0 unspecified atom stereocenters. The van der Waals surface area contributed by atoms with Crippen LogP contribution in [0.5, 0.6) is 0 Å². The third-order valence-corrected chi connectivity index (χ3v) is 2.11. The van der Waals surface area contributed by atoms with Crippen LogP contribution in [-0.2, 0) is 6.42 Å². The molecule has 0 aromatic heterocycles. The van der Waals surface area contributed by atoms with Gasteiger partial charge in [-0.1, -0.05) is 22.0 Å². The summed E-state index contributed by atoms with van der Waals surface area (Å²) in [5.74, 6) is -0.333. The maximum Gasteiger partial charge on any atom is 0.127 e. The summed E-state index contributed by atoms with van der Waals surface area (Å²) in [6.45, 7) is 0. The lowest BCUT2D eigenvalue weighted by molar-refractivity contribution is 0.603. The van der Waals surface area contributed by atoms with Crippen LogP contribution < -0.4 is 5.73 Å². The minimum Gasteiger partial charge on any atom is -0.316 e. The first-order valence-electron chi connectivity index (χ1n) is 3.72. The summed E-state index contributed by atoms with van der Waals surface area (Å²) in [7, 11) is 0. The number of benzene rings is 1. The summed E-state index contributed by atoms with van der Waals surface area (Å²) >= 11 is 3.14. The minimum atomic E-state index is -0.643.